The molecule has 156 valence electrons. The van der Waals surface area contributed by atoms with Crippen LogP contribution in [-0.2, 0) is 19.1 Å². The van der Waals surface area contributed by atoms with E-state index in [4.69, 9.17) is 4.74 Å². The largest absolute Gasteiger partial charge is 0.385 e. The molecule has 0 bridgehead atoms. The summed E-state index contributed by atoms with van der Waals surface area (Å²) in [6.45, 7) is 8.75. The zero-order valence-electron chi connectivity index (χ0n) is 17.5. The van der Waals surface area contributed by atoms with Gasteiger partial charge in [0, 0.05) is 38.8 Å². The van der Waals surface area contributed by atoms with Gasteiger partial charge in [-0.1, -0.05) is 0 Å². The van der Waals surface area contributed by atoms with E-state index < -0.39 is 0 Å². The SMILES string of the molecule is COCCCNC(=O)C1CCN(CC(=O)N(C)CC(=O)NC(C)(C)C)CC1. The predicted molar refractivity (Wildman–Crippen MR) is 104 cm³/mol. The van der Waals surface area contributed by atoms with Crippen LogP contribution in [0.1, 0.15) is 40.0 Å². The Morgan fingerprint density at radius 3 is 2.37 bits per heavy atom. The highest BCUT2D eigenvalue weighted by Crippen LogP contribution is 2.17. The van der Waals surface area contributed by atoms with E-state index in [0.717, 1.165) is 19.3 Å². The first kappa shape index (κ1) is 23.4. The van der Waals surface area contributed by atoms with Gasteiger partial charge in [0.2, 0.25) is 17.7 Å². The van der Waals surface area contributed by atoms with Crippen molar-refractivity contribution in [1.82, 2.24) is 20.4 Å². The molecule has 1 fully saturated rings. The molecule has 3 amide bonds. The van der Waals surface area contributed by atoms with Gasteiger partial charge >= 0.3 is 0 Å². The first-order valence-electron chi connectivity index (χ1n) is 9.66. The Balaban J connectivity index is 2.29. The third kappa shape index (κ3) is 9.72. The van der Waals surface area contributed by atoms with Gasteiger partial charge in [0.15, 0.2) is 0 Å². The van der Waals surface area contributed by atoms with Gasteiger partial charge in [0.1, 0.15) is 0 Å². The van der Waals surface area contributed by atoms with Crippen molar-refractivity contribution in [2.75, 3.05) is 53.5 Å². The monoisotopic (exact) mass is 384 g/mol. The molecule has 8 heteroatoms. The van der Waals surface area contributed by atoms with Crippen molar-refractivity contribution >= 4 is 17.7 Å². The Labute approximate surface area is 163 Å². The molecule has 1 aliphatic heterocycles. The third-order valence-corrected chi connectivity index (χ3v) is 4.46. The standard InChI is InChI=1S/C19H36N4O4/c1-19(2,3)21-16(24)13-22(4)17(25)14-23-10-7-15(8-11-23)18(26)20-9-6-12-27-5/h15H,6-14H2,1-5H3,(H,20,26)(H,21,24). The van der Waals surface area contributed by atoms with Crippen molar-refractivity contribution in [2.45, 2.75) is 45.6 Å². The fourth-order valence-corrected chi connectivity index (χ4v) is 3.00. The Hall–Kier alpha value is -1.67. The minimum absolute atomic E-state index is 0.00851. The molecule has 0 aromatic carbocycles. The van der Waals surface area contributed by atoms with Crippen molar-refractivity contribution in [1.29, 1.82) is 0 Å². The van der Waals surface area contributed by atoms with E-state index in [9.17, 15) is 14.4 Å². The Morgan fingerprint density at radius 2 is 1.81 bits per heavy atom. The number of likely N-dealkylation sites (tertiary alicyclic amines) is 1. The summed E-state index contributed by atoms with van der Waals surface area (Å²) in [4.78, 5) is 39.9. The molecule has 8 nitrogen and oxygen atoms in total. The van der Waals surface area contributed by atoms with Crippen molar-refractivity contribution < 1.29 is 19.1 Å². The van der Waals surface area contributed by atoms with E-state index in [1.165, 1.54) is 4.90 Å². The summed E-state index contributed by atoms with van der Waals surface area (Å²) in [6.07, 6.45) is 2.31. The van der Waals surface area contributed by atoms with Crippen LogP contribution >= 0.6 is 0 Å². The van der Waals surface area contributed by atoms with Gasteiger partial charge in [-0.15, -0.1) is 0 Å². The number of hydrogen-bond donors (Lipinski definition) is 2. The number of piperidine rings is 1. The average molecular weight is 385 g/mol. The molecule has 0 aromatic rings. The smallest absolute Gasteiger partial charge is 0.240 e. The third-order valence-electron chi connectivity index (χ3n) is 4.46. The minimum Gasteiger partial charge on any atom is -0.385 e. The van der Waals surface area contributed by atoms with Crippen molar-refractivity contribution in [3.05, 3.63) is 0 Å². The number of ether oxygens (including phenoxy) is 1. The maximum Gasteiger partial charge on any atom is 0.240 e. The molecule has 0 radical (unpaired) electrons. The molecule has 1 aliphatic rings. The molecule has 0 aromatic heterocycles. The maximum atomic E-state index is 12.3. The molecule has 1 heterocycles. The fourth-order valence-electron chi connectivity index (χ4n) is 3.00. The van der Waals surface area contributed by atoms with E-state index in [0.29, 0.717) is 26.2 Å². The van der Waals surface area contributed by atoms with Crippen LogP contribution in [0.4, 0.5) is 0 Å². The lowest BCUT2D eigenvalue weighted by Crippen LogP contribution is -2.49. The van der Waals surface area contributed by atoms with Crippen LogP contribution in [0.2, 0.25) is 0 Å². The summed E-state index contributed by atoms with van der Waals surface area (Å²) < 4.78 is 4.97. The molecule has 2 N–H and O–H groups in total. The van der Waals surface area contributed by atoms with E-state index in [2.05, 4.69) is 15.5 Å². The molecule has 0 aliphatic carbocycles. The van der Waals surface area contributed by atoms with Crippen LogP contribution in [0.5, 0.6) is 0 Å². The summed E-state index contributed by atoms with van der Waals surface area (Å²) in [5, 5.41) is 5.80. The number of carbonyl (C=O) groups excluding carboxylic acids is 3. The highest BCUT2D eigenvalue weighted by atomic mass is 16.5. The lowest BCUT2D eigenvalue weighted by atomic mass is 9.96. The Bertz CT molecular complexity index is 496. The summed E-state index contributed by atoms with van der Waals surface area (Å²) in [7, 11) is 3.29. The molecule has 0 atom stereocenters. The second-order valence-electron chi connectivity index (χ2n) is 8.24. The van der Waals surface area contributed by atoms with Gasteiger partial charge in [-0.3, -0.25) is 19.3 Å². The van der Waals surface area contributed by atoms with Gasteiger partial charge in [0.25, 0.3) is 0 Å². The quantitative estimate of drug-likeness (QED) is 0.555. The zero-order valence-corrected chi connectivity index (χ0v) is 17.5. The van der Waals surface area contributed by atoms with Gasteiger partial charge in [-0.25, -0.2) is 0 Å². The van der Waals surface area contributed by atoms with Crippen molar-refractivity contribution in [3.8, 4) is 0 Å². The number of nitrogens with zero attached hydrogens (tertiary/aromatic N) is 2. The molecule has 0 saturated carbocycles. The van der Waals surface area contributed by atoms with Crippen LogP contribution in [-0.4, -0.2) is 86.5 Å². The van der Waals surface area contributed by atoms with E-state index in [1.807, 2.05) is 20.8 Å². The van der Waals surface area contributed by atoms with E-state index in [-0.39, 0.29) is 42.3 Å². The van der Waals surface area contributed by atoms with E-state index >= 15 is 0 Å². The Morgan fingerprint density at radius 1 is 1.19 bits per heavy atom. The number of methoxy groups -OCH3 is 1. The fraction of sp³-hybridized carbons (Fsp3) is 0.842. The van der Waals surface area contributed by atoms with Gasteiger partial charge in [-0.2, -0.15) is 0 Å². The molecular formula is C19H36N4O4. The molecular weight excluding hydrogens is 348 g/mol. The predicted octanol–water partition coefficient (Wildman–Crippen LogP) is 0.224. The summed E-state index contributed by atoms with van der Waals surface area (Å²) in [5.74, 6) is -0.147. The number of nitrogens with one attached hydrogen (secondary N) is 2. The summed E-state index contributed by atoms with van der Waals surface area (Å²) in [6, 6.07) is 0. The number of carbonyl (C=O) groups is 3. The van der Waals surface area contributed by atoms with Gasteiger partial charge in [-0.05, 0) is 53.1 Å². The van der Waals surface area contributed by atoms with Crippen LogP contribution in [0, 0.1) is 5.92 Å². The molecule has 1 saturated heterocycles. The minimum atomic E-state index is -0.313. The highest BCUT2D eigenvalue weighted by molar-refractivity contribution is 5.85. The number of rotatable bonds is 9. The zero-order chi connectivity index (χ0) is 20.4. The average Bonchev–Trinajstić information content (AvgIpc) is 2.57. The van der Waals surface area contributed by atoms with Gasteiger partial charge < -0.3 is 20.3 Å². The normalized spacial score (nSPS) is 16.0. The van der Waals surface area contributed by atoms with E-state index in [1.54, 1.807) is 14.2 Å². The number of likely N-dealkylation sites (N-methyl/N-ethyl adjacent to an activating group) is 1. The summed E-state index contributed by atoms with van der Waals surface area (Å²) in [5.41, 5.74) is -0.313. The lowest BCUT2D eigenvalue weighted by molar-refractivity contribution is -0.136. The van der Waals surface area contributed by atoms with Crippen LogP contribution in [0.25, 0.3) is 0 Å². The first-order valence-corrected chi connectivity index (χ1v) is 9.66. The second kappa shape index (κ2) is 11.2. The van der Waals surface area contributed by atoms with Gasteiger partial charge in [0.05, 0.1) is 13.1 Å². The Kier molecular flexibility index (Phi) is 9.73. The first-order chi connectivity index (χ1) is 12.6. The molecule has 27 heavy (non-hydrogen) atoms. The topological polar surface area (TPSA) is 91.0 Å². The number of amides is 3. The molecule has 0 unspecified atom stereocenters. The lowest BCUT2D eigenvalue weighted by Gasteiger charge is -2.32. The van der Waals surface area contributed by atoms with Crippen LogP contribution in [0.3, 0.4) is 0 Å². The molecule has 0 spiro atoms. The second-order valence-corrected chi connectivity index (χ2v) is 8.24. The van der Waals surface area contributed by atoms with Crippen LogP contribution < -0.4 is 10.6 Å². The van der Waals surface area contributed by atoms with Crippen LogP contribution in [0.15, 0.2) is 0 Å². The maximum absolute atomic E-state index is 12.3. The number of hydrogen-bond acceptors (Lipinski definition) is 5. The summed E-state index contributed by atoms with van der Waals surface area (Å²) >= 11 is 0. The van der Waals surface area contributed by atoms with Crippen molar-refractivity contribution in [2.24, 2.45) is 5.92 Å². The molecule has 1 rings (SSSR count). The highest BCUT2D eigenvalue weighted by Gasteiger charge is 2.26. The van der Waals surface area contributed by atoms with Crippen molar-refractivity contribution in [3.63, 3.8) is 0 Å².